The maximum absolute atomic E-state index is 13.2. The number of methoxy groups -OCH3 is 1. The second kappa shape index (κ2) is 6.22. The van der Waals surface area contributed by atoms with E-state index in [1.54, 1.807) is 12.0 Å². The van der Waals surface area contributed by atoms with Crippen LogP contribution in [0.5, 0.6) is 5.75 Å². The average Bonchev–Trinajstić information content (AvgIpc) is 3.30. The smallest absolute Gasteiger partial charge is 0.229 e. The molecular formula is C19H24N2O5S. The van der Waals surface area contributed by atoms with Crippen LogP contribution in [0.1, 0.15) is 30.9 Å². The zero-order valence-corrected chi connectivity index (χ0v) is 16.3. The Hall–Kier alpha value is -2.09. The van der Waals surface area contributed by atoms with Crippen molar-refractivity contribution < 1.29 is 22.7 Å². The van der Waals surface area contributed by atoms with Crippen molar-refractivity contribution in [2.75, 3.05) is 25.2 Å². The van der Waals surface area contributed by atoms with Gasteiger partial charge >= 0.3 is 0 Å². The first-order valence-electron chi connectivity index (χ1n) is 9.17. The van der Waals surface area contributed by atoms with E-state index < -0.39 is 21.8 Å². The summed E-state index contributed by atoms with van der Waals surface area (Å²) >= 11 is 0. The van der Waals surface area contributed by atoms with Crippen molar-refractivity contribution in [3.8, 4) is 5.75 Å². The van der Waals surface area contributed by atoms with E-state index in [1.807, 2.05) is 12.1 Å². The molecule has 1 aromatic carbocycles. The zero-order valence-electron chi connectivity index (χ0n) is 15.5. The van der Waals surface area contributed by atoms with E-state index in [2.05, 4.69) is 11.4 Å². The van der Waals surface area contributed by atoms with Gasteiger partial charge in [0.1, 0.15) is 5.75 Å². The standard InChI is InChI=1S/C19H24N2O5S/c1-12(22)20-17-10-27(24,25)9-15(17)18(23)21-8-13-3-4-14(26-2)7-16(13)19(11-21)5-6-19/h3-4,7,15,17H,5-6,8-11H2,1-2H3,(H,20,22)/t15-,17-/m1/s1. The summed E-state index contributed by atoms with van der Waals surface area (Å²) in [5, 5.41) is 2.66. The Morgan fingerprint density at radius 2 is 2.00 bits per heavy atom. The summed E-state index contributed by atoms with van der Waals surface area (Å²) in [5.41, 5.74) is 2.28. The fourth-order valence-corrected chi connectivity index (χ4v) is 6.41. The maximum Gasteiger partial charge on any atom is 0.229 e. The molecule has 0 aromatic heterocycles. The first-order chi connectivity index (χ1) is 12.7. The highest BCUT2D eigenvalue weighted by Crippen LogP contribution is 2.53. The molecule has 8 heteroatoms. The van der Waals surface area contributed by atoms with Crippen LogP contribution in [-0.2, 0) is 31.4 Å². The number of benzene rings is 1. The van der Waals surface area contributed by atoms with Crippen molar-refractivity contribution in [2.24, 2.45) is 5.92 Å². The highest BCUT2D eigenvalue weighted by atomic mass is 32.2. The van der Waals surface area contributed by atoms with Crippen molar-refractivity contribution in [1.82, 2.24) is 10.2 Å². The van der Waals surface area contributed by atoms with E-state index in [4.69, 9.17) is 4.74 Å². The second-order valence-corrected chi connectivity index (χ2v) is 10.1. The van der Waals surface area contributed by atoms with Gasteiger partial charge in [0.2, 0.25) is 11.8 Å². The molecule has 7 nitrogen and oxygen atoms in total. The highest BCUT2D eigenvalue weighted by Gasteiger charge is 2.52. The van der Waals surface area contributed by atoms with Gasteiger partial charge in [0, 0.05) is 25.4 Å². The third kappa shape index (κ3) is 3.31. The number of amides is 2. The molecule has 1 spiro atoms. The first kappa shape index (κ1) is 18.3. The first-order valence-corrected chi connectivity index (χ1v) is 11.0. The fraction of sp³-hybridized carbons (Fsp3) is 0.579. The van der Waals surface area contributed by atoms with Crippen LogP contribution in [0, 0.1) is 5.92 Å². The van der Waals surface area contributed by atoms with Crippen molar-refractivity contribution in [1.29, 1.82) is 0 Å². The lowest BCUT2D eigenvalue weighted by Crippen LogP contribution is -2.50. The van der Waals surface area contributed by atoms with E-state index in [-0.39, 0.29) is 28.7 Å². The Kier molecular flexibility index (Phi) is 4.21. The van der Waals surface area contributed by atoms with Crippen LogP contribution in [0.2, 0.25) is 0 Å². The third-order valence-corrected chi connectivity index (χ3v) is 7.70. The lowest BCUT2D eigenvalue weighted by atomic mass is 9.86. The molecule has 3 aliphatic rings. The number of fused-ring (bicyclic) bond motifs is 2. The molecule has 0 bridgehead atoms. The Bertz CT molecular complexity index is 907. The summed E-state index contributed by atoms with van der Waals surface area (Å²) in [7, 11) is -1.69. The summed E-state index contributed by atoms with van der Waals surface area (Å²) in [6, 6.07) is 5.30. The van der Waals surface area contributed by atoms with Crippen LogP contribution in [0.3, 0.4) is 0 Å². The fourth-order valence-electron chi connectivity index (χ4n) is 4.49. The molecule has 2 aliphatic heterocycles. The molecule has 0 radical (unpaired) electrons. The van der Waals surface area contributed by atoms with E-state index in [0.29, 0.717) is 13.1 Å². The molecule has 2 fully saturated rings. The number of nitrogens with zero attached hydrogens (tertiary/aromatic N) is 1. The van der Waals surface area contributed by atoms with E-state index in [1.165, 1.54) is 12.5 Å². The molecule has 2 amide bonds. The van der Waals surface area contributed by atoms with Crippen LogP contribution in [-0.4, -0.2) is 56.3 Å². The predicted octanol–water partition coefficient (Wildman–Crippen LogP) is 0.618. The van der Waals surface area contributed by atoms with Gasteiger partial charge in [0.15, 0.2) is 9.84 Å². The molecule has 1 saturated carbocycles. The van der Waals surface area contributed by atoms with Crippen LogP contribution in [0.15, 0.2) is 18.2 Å². The minimum atomic E-state index is -3.34. The van der Waals surface area contributed by atoms with Gasteiger partial charge in [-0.05, 0) is 36.1 Å². The number of rotatable bonds is 3. The van der Waals surface area contributed by atoms with E-state index in [9.17, 15) is 18.0 Å². The summed E-state index contributed by atoms with van der Waals surface area (Å²) in [5.74, 6) is -0.764. The van der Waals surface area contributed by atoms with Crippen molar-refractivity contribution in [2.45, 2.75) is 37.8 Å². The highest BCUT2D eigenvalue weighted by molar-refractivity contribution is 7.91. The van der Waals surface area contributed by atoms with Gasteiger partial charge in [-0.25, -0.2) is 8.42 Å². The van der Waals surface area contributed by atoms with Crippen molar-refractivity contribution in [3.05, 3.63) is 29.3 Å². The molecule has 1 aliphatic carbocycles. The van der Waals surface area contributed by atoms with Crippen LogP contribution < -0.4 is 10.1 Å². The third-order valence-electron chi connectivity index (χ3n) is 5.97. The molecule has 2 heterocycles. The van der Waals surface area contributed by atoms with Gasteiger partial charge in [-0.1, -0.05) is 6.07 Å². The molecule has 2 atom stereocenters. The number of sulfone groups is 1. The van der Waals surface area contributed by atoms with Gasteiger partial charge in [0.25, 0.3) is 0 Å². The number of carbonyl (C=O) groups is 2. The van der Waals surface area contributed by atoms with Gasteiger partial charge in [-0.3, -0.25) is 9.59 Å². The number of hydrogen-bond acceptors (Lipinski definition) is 5. The monoisotopic (exact) mass is 392 g/mol. The second-order valence-electron chi connectivity index (χ2n) is 7.99. The summed E-state index contributed by atoms with van der Waals surface area (Å²) in [4.78, 5) is 26.4. The predicted molar refractivity (Wildman–Crippen MR) is 99.1 cm³/mol. The molecule has 1 saturated heterocycles. The van der Waals surface area contributed by atoms with Gasteiger partial charge in [0.05, 0.1) is 30.6 Å². The largest absolute Gasteiger partial charge is 0.497 e. The Morgan fingerprint density at radius 1 is 1.26 bits per heavy atom. The number of ether oxygens (including phenoxy) is 1. The molecule has 0 unspecified atom stereocenters. The molecule has 1 N–H and O–H groups in total. The summed E-state index contributed by atoms with van der Waals surface area (Å²) in [6.45, 7) is 2.40. The normalized spacial score (nSPS) is 27.1. The number of carbonyl (C=O) groups excluding carboxylic acids is 2. The van der Waals surface area contributed by atoms with E-state index in [0.717, 1.165) is 24.2 Å². The van der Waals surface area contributed by atoms with Gasteiger partial charge < -0.3 is 15.0 Å². The molecule has 1 aromatic rings. The molecule has 146 valence electrons. The van der Waals surface area contributed by atoms with Gasteiger partial charge in [-0.2, -0.15) is 0 Å². The lowest BCUT2D eigenvalue weighted by molar-refractivity contribution is -0.137. The van der Waals surface area contributed by atoms with E-state index >= 15 is 0 Å². The minimum absolute atomic E-state index is 0.0429. The topological polar surface area (TPSA) is 92.8 Å². The Labute approximate surface area is 159 Å². The molecule has 4 rings (SSSR count). The van der Waals surface area contributed by atoms with Gasteiger partial charge in [-0.15, -0.1) is 0 Å². The summed E-state index contributed by atoms with van der Waals surface area (Å²) < 4.78 is 29.5. The lowest BCUT2D eigenvalue weighted by Gasteiger charge is -2.37. The Morgan fingerprint density at radius 3 is 2.63 bits per heavy atom. The molecule has 27 heavy (non-hydrogen) atoms. The number of nitrogens with one attached hydrogen (secondary N) is 1. The Balaban J connectivity index is 1.60. The molecular weight excluding hydrogens is 368 g/mol. The zero-order chi connectivity index (χ0) is 19.4. The minimum Gasteiger partial charge on any atom is -0.497 e. The van der Waals surface area contributed by atoms with Crippen molar-refractivity contribution >= 4 is 21.7 Å². The summed E-state index contributed by atoms with van der Waals surface area (Å²) in [6.07, 6.45) is 2.02. The average molecular weight is 392 g/mol. The van der Waals surface area contributed by atoms with Crippen LogP contribution in [0.4, 0.5) is 0 Å². The van der Waals surface area contributed by atoms with Crippen LogP contribution in [0.25, 0.3) is 0 Å². The quantitative estimate of drug-likeness (QED) is 0.814. The SMILES string of the molecule is COc1ccc2c(c1)C1(CC1)CN(C(=O)[C@@H]1CS(=O)(=O)C[C@H]1NC(C)=O)C2. The maximum atomic E-state index is 13.2. The number of hydrogen-bond donors (Lipinski definition) is 1. The van der Waals surface area contributed by atoms with Crippen LogP contribution >= 0.6 is 0 Å². The van der Waals surface area contributed by atoms with Crippen molar-refractivity contribution in [3.63, 3.8) is 0 Å².